The number of carbonyl (C=O) groups is 2. The van der Waals surface area contributed by atoms with Crippen LogP contribution in [0.4, 0.5) is 14.6 Å². The lowest BCUT2D eigenvalue weighted by atomic mass is 9.85. The summed E-state index contributed by atoms with van der Waals surface area (Å²) in [6.45, 7) is 0.201. The second kappa shape index (κ2) is 11.4. The Morgan fingerprint density at radius 2 is 1.77 bits per heavy atom. The summed E-state index contributed by atoms with van der Waals surface area (Å²) in [5.41, 5.74) is 2.67. The van der Waals surface area contributed by atoms with Crippen LogP contribution in [0.5, 0.6) is 0 Å². The normalized spacial score (nSPS) is 19.3. The number of nitrogens with one attached hydrogen (secondary N) is 2. The standard InChI is InChI=1S/C33H34ClF2N5O3/c34-23-6-9-25(26(13-23)31(43)40-17-33(35,36)18-40)22-11-28(21-4-5-21)38-29(12-22)39-30(42)27-10-20(15-37-14-19-2-1-3-19)16-41(32(27)44)24-7-8-24/h6,9-13,16,19,21,24,37H,1-5,7-8,14-15,17-18H2,(H,38,39,42). The van der Waals surface area contributed by atoms with Gasteiger partial charge in [-0.1, -0.05) is 24.1 Å². The number of nitrogens with zero attached hydrogens (tertiary/aromatic N) is 3. The molecule has 2 aromatic heterocycles. The van der Waals surface area contributed by atoms with Crippen molar-refractivity contribution in [1.82, 2.24) is 19.8 Å². The first-order valence-corrected chi connectivity index (χ1v) is 15.8. The van der Waals surface area contributed by atoms with Crippen LogP contribution in [-0.2, 0) is 6.54 Å². The van der Waals surface area contributed by atoms with E-state index < -0.39 is 30.8 Å². The summed E-state index contributed by atoms with van der Waals surface area (Å²) in [6.07, 6.45) is 9.31. The lowest BCUT2D eigenvalue weighted by Crippen LogP contribution is -2.58. The van der Waals surface area contributed by atoms with Gasteiger partial charge >= 0.3 is 0 Å². The SMILES string of the molecule is O=C(Nc1cc(-c2ccc(Cl)cc2C(=O)N2CC(F)(F)C2)cc(C2CC2)n1)c1cc(CNCC2CCC2)cn(C2CC2)c1=O. The Morgan fingerprint density at radius 3 is 2.43 bits per heavy atom. The minimum atomic E-state index is -2.90. The summed E-state index contributed by atoms with van der Waals surface area (Å²) in [5.74, 6) is -2.83. The largest absolute Gasteiger partial charge is 0.326 e. The fourth-order valence-electron chi connectivity index (χ4n) is 5.98. The molecule has 7 rings (SSSR count). The van der Waals surface area contributed by atoms with Gasteiger partial charge in [-0.15, -0.1) is 0 Å². The van der Waals surface area contributed by atoms with Gasteiger partial charge in [-0.05, 0) is 98.0 Å². The van der Waals surface area contributed by atoms with Crippen molar-refractivity contribution in [2.75, 3.05) is 25.0 Å². The highest BCUT2D eigenvalue weighted by atomic mass is 35.5. The van der Waals surface area contributed by atoms with Crippen molar-refractivity contribution in [3.63, 3.8) is 0 Å². The highest BCUT2D eigenvalue weighted by Crippen LogP contribution is 2.42. The van der Waals surface area contributed by atoms with Crippen molar-refractivity contribution < 1.29 is 18.4 Å². The van der Waals surface area contributed by atoms with Crippen LogP contribution in [0, 0.1) is 5.92 Å². The van der Waals surface area contributed by atoms with E-state index in [4.69, 9.17) is 16.6 Å². The number of halogens is 3. The number of benzene rings is 1. The number of alkyl halides is 2. The van der Waals surface area contributed by atoms with E-state index in [1.807, 2.05) is 12.3 Å². The topological polar surface area (TPSA) is 96.3 Å². The van der Waals surface area contributed by atoms with Crippen molar-refractivity contribution >= 4 is 29.2 Å². The zero-order valence-electron chi connectivity index (χ0n) is 24.3. The summed E-state index contributed by atoms with van der Waals surface area (Å²) in [5, 5.41) is 6.63. The quantitative estimate of drug-likeness (QED) is 0.289. The second-order valence-electron chi connectivity index (χ2n) is 12.7. The smallest absolute Gasteiger partial charge is 0.282 e. The van der Waals surface area contributed by atoms with Crippen LogP contribution in [0.3, 0.4) is 0 Å². The van der Waals surface area contributed by atoms with Crippen molar-refractivity contribution in [3.8, 4) is 11.1 Å². The Bertz CT molecular complexity index is 1690. The summed E-state index contributed by atoms with van der Waals surface area (Å²) in [7, 11) is 0. The maximum absolute atomic E-state index is 13.6. The van der Waals surface area contributed by atoms with Crippen LogP contribution in [0.15, 0.2) is 47.4 Å². The number of aromatic nitrogens is 2. The summed E-state index contributed by atoms with van der Waals surface area (Å²) >= 11 is 6.23. The number of likely N-dealkylation sites (tertiary alicyclic amines) is 1. The van der Waals surface area contributed by atoms with Gasteiger partial charge in [0.25, 0.3) is 23.3 Å². The maximum Gasteiger partial charge on any atom is 0.282 e. The second-order valence-corrected chi connectivity index (χ2v) is 13.2. The minimum absolute atomic E-state index is 0.0566. The fourth-order valence-corrected chi connectivity index (χ4v) is 6.15. The molecule has 3 heterocycles. The van der Waals surface area contributed by atoms with Crippen LogP contribution >= 0.6 is 11.6 Å². The van der Waals surface area contributed by atoms with Gasteiger partial charge in [0, 0.05) is 41.0 Å². The van der Waals surface area contributed by atoms with Crippen LogP contribution in [0.25, 0.3) is 11.1 Å². The van der Waals surface area contributed by atoms with Crippen LogP contribution in [-0.4, -0.2) is 51.8 Å². The maximum atomic E-state index is 13.6. The van der Waals surface area contributed by atoms with E-state index in [-0.39, 0.29) is 34.5 Å². The Labute approximate surface area is 258 Å². The predicted octanol–water partition coefficient (Wildman–Crippen LogP) is 6.01. The van der Waals surface area contributed by atoms with Gasteiger partial charge in [0.1, 0.15) is 11.4 Å². The van der Waals surface area contributed by atoms with Crippen LogP contribution in [0.1, 0.15) is 88.9 Å². The molecule has 0 unspecified atom stereocenters. The van der Waals surface area contributed by atoms with Crippen molar-refractivity contribution in [2.24, 2.45) is 5.92 Å². The molecule has 0 atom stereocenters. The van der Waals surface area contributed by atoms with E-state index in [2.05, 4.69) is 10.6 Å². The first-order valence-electron chi connectivity index (χ1n) is 15.4. The number of carbonyl (C=O) groups excluding carboxylic acids is 2. The molecule has 230 valence electrons. The van der Waals surface area contributed by atoms with Gasteiger partial charge in [-0.3, -0.25) is 14.4 Å². The third-order valence-electron chi connectivity index (χ3n) is 9.01. The van der Waals surface area contributed by atoms with E-state index in [0.717, 1.165) is 48.4 Å². The number of hydrogen-bond donors (Lipinski definition) is 2. The molecule has 4 aliphatic rings. The molecule has 2 N–H and O–H groups in total. The van der Waals surface area contributed by atoms with Gasteiger partial charge in [0.2, 0.25) is 0 Å². The van der Waals surface area contributed by atoms with Crippen molar-refractivity contribution in [1.29, 1.82) is 0 Å². The minimum Gasteiger partial charge on any atom is -0.326 e. The molecule has 0 radical (unpaired) electrons. The van der Waals surface area contributed by atoms with Gasteiger partial charge in [0.05, 0.1) is 13.1 Å². The van der Waals surface area contributed by atoms with Gasteiger partial charge in [-0.25, -0.2) is 13.8 Å². The molecule has 0 spiro atoms. The lowest BCUT2D eigenvalue weighted by molar-refractivity contribution is -0.113. The molecule has 0 bridgehead atoms. The van der Waals surface area contributed by atoms with E-state index in [0.29, 0.717) is 28.6 Å². The Kier molecular flexibility index (Phi) is 7.53. The molecule has 11 heteroatoms. The molecule has 1 saturated heterocycles. The van der Waals surface area contributed by atoms with Crippen molar-refractivity contribution in [3.05, 3.63) is 80.4 Å². The van der Waals surface area contributed by atoms with Gasteiger partial charge < -0.3 is 20.1 Å². The zero-order chi connectivity index (χ0) is 30.6. The Balaban J connectivity index is 1.18. The molecule has 3 saturated carbocycles. The van der Waals surface area contributed by atoms with Gasteiger partial charge in [-0.2, -0.15) is 0 Å². The number of rotatable bonds is 10. The fraction of sp³-hybridized carbons (Fsp3) is 0.455. The molecule has 1 aliphatic heterocycles. The molecule has 4 fully saturated rings. The van der Waals surface area contributed by atoms with E-state index in [9.17, 15) is 23.2 Å². The summed E-state index contributed by atoms with van der Waals surface area (Å²) in [4.78, 5) is 46.1. The Hall–Kier alpha value is -3.63. The predicted molar refractivity (Wildman–Crippen MR) is 163 cm³/mol. The van der Waals surface area contributed by atoms with Gasteiger partial charge in [0.15, 0.2) is 0 Å². The van der Waals surface area contributed by atoms with E-state index in [1.165, 1.54) is 25.3 Å². The lowest BCUT2D eigenvalue weighted by Gasteiger charge is -2.39. The monoisotopic (exact) mass is 621 g/mol. The average molecular weight is 622 g/mol. The summed E-state index contributed by atoms with van der Waals surface area (Å²) in [6, 6.07) is 10.1. The highest BCUT2D eigenvalue weighted by Gasteiger charge is 2.46. The average Bonchev–Trinajstić information content (AvgIpc) is 3.86. The molecule has 3 aromatic rings. The van der Waals surface area contributed by atoms with E-state index in [1.54, 1.807) is 28.8 Å². The number of anilines is 1. The van der Waals surface area contributed by atoms with E-state index >= 15 is 0 Å². The molecule has 8 nitrogen and oxygen atoms in total. The molecule has 44 heavy (non-hydrogen) atoms. The third kappa shape index (κ3) is 6.15. The third-order valence-corrected chi connectivity index (χ3v) is 9.24. The first-order chi connectivity index (χ1) is 21.1. The number of pyridine rings is 2. The Morgan fingerprint density at radius 1 is 1.00 bits per heavy atom. The molecule has 3 aliphatic carbocycles. The summed E-state index contributed by atoms with van der Waals surface area (Å²) < 4.78 is 28.8. The molecule has 2 amide bonds. The first kappa shape index (κ1) is 29.1. The zero-order valence-corrected chi connectivity index (χ0v) is 25.0. The van der Waals surface area contributed by atoms with Crippen molar-refractivity contribution in [2.45, 2.75) is 69.4 Å². The highest BCUT2D eigenvalue weighted by molar-refractivity contribution is 6.31. The number of amides is 2. The molecule has 1 aromatic carbocycles. The molecular formula is C33H34ClF2N5O3. The number of hydrogen-bond acceptors (Lipinski definition) is 5. The van der Waals surface area contributed by atoms with Crippen LogP contribution in [0.2, 0.25) is 5.02 Å². The molecular weight excluding hydrogens is 588 g/mol. The van der Waals surface area contributed by atoms with Crippen LogP contribution < -0.4 is 16.2 Å².